The van der Waals surface area contributed by atoms with Gasteiger partial charge in [0.25, 0.3) is 0 Å². The number of benzene rings is 1. The first kappa shape index (κ1) is 16.8. The lowest BCUT2D eigenvalue weighted by Gasteiger charge is -2.36. The number of para-hydroxylation sites is 1. The lowest BCUT2D eigenvalue weighted by molar-refractivity contribution is -0.122. The van der Waals surface area contributed by atoms with Gasteiger partial charge in [-0.3, -0.25) is 4.79 Å². The van der Waals surface area contributed by atoms with E-state index in [0.717, 1.165) is 51.3 Å². The molecule has 1 amide bonds. The second kappa shape index (κ2) is 7.27. The first-order valence-corrected chi connectivity index (χ1v) is 9.10. The van der Waals surface area contributed by atoms with Crippen LogP contribution in [0, 0.1) is 11.7 Å². The van der Waals surface area contributed by atoms with Gasteiger partial charge in [-0.1, -0.05) is 18.6 Å². The summed E-state index contributed by atoms with van der Waals surface area (Å²) in [4.78, 5) is 16.1. The van der Waals surface area contributed by atoms with E-state index in [-0.39, 0.29) is 17.6 Å². The van der Waals surface area contributed by atoms with Gasteiger partial charge < -0.3 is 15.1 Å². The van der Waals surface area contributed by atoms with Crippen molar-refractivity contribution in [2.75, 3.05) is 41.3 Å². The number of carbonyl (C=O) groups is 1. The number of nitrogens with zero attached hydrogens (tertiary/aromatic N) is 4. The molecule has 2 heterocycles. The molecule has 7 heteroatoms. The van der Waals surface area contributed by atoms with Gasteiger partial charge in [-0.05, 0) is 37.1 Å². The Balaban J connectivity index is 1.34. The predicted octanol–water partition coefficient (Wildman–Crippen LogP) is 2.68. The molecule has 6 nitrogen and oxygen atoms in total. The lowest BCUT2D eigenvalue weighted by Crippen LogP contribution is -2.47. The van der Waals surface area contributed by atoms with Crippen molar-refractivity contribution in [1.82, 2.24) is 10.2 Å². The normalized spacial score (nSPS) is 17.7. The van der Waals surface area contributed by atoms with Crippen molar-refractivity contribution < 1.29 is 9.18 Å². The number of hydrogen-bond donors (Lipinski definition) is 1. The summed E-state index contributed by atoms with van der Waals surface area (Å²) in [5.41, 5.74) is 0.646. The molecule has 1 aliphatic carbocycles. The van der Waals surface area contributed by atoms with Crippen molar-refractivity contribution in [2.45, 2.75) is 19.3 Å². The molecule has 1 saturated carbocycles. The lowest BCUT2D eigenvalue weighted by atomic mass is 9.85. The van der Waals surface area contributed by atoms with E-state index in [1.54, 1.807) is 12.1 Å². The van der Waals surface area contributed by atoms with Crippen molar-refractivity contribution in [3.8, 4) is 0 Å². The van der Waals surface area contributed by atoms with Crippen molar-refractivity contribution in [3.05, 3.63) is 42.2 Å². The summed E-state index contributed by atoms with van der Waals surface area (Å²) in [6.45, 7) is 2.94. The number of hydrogen-bond acceptors (Lipinski definition) is 5. The minimum atomic E-state index is -0.188. The van der Waals surface area contributed by atoms with Crippen LogP contribution in [0.25, 0.3) is 0 Å². The van der Waals surface area contributed by atoms with Crippen molar-refractivity contribution in [2.24, 2.45) is 5.92 Å². The predicted molar refractivity (Wildman–Crippen MR) is 98.8 cm³/mol. The fourth-order valence-corrected chi connectivity index (χ4v) is 3.34. The van der Waals surface area contributed by atoms with E-state index in [1.165, 1.54) is 6.07 Å². The van der Waals surface area contributed by atoms with Crippen LogP contribution in [0.3, 0.4) is 0 Å². The minimum absolute atomic E-state index is 0.0387. The number of anilines is 3. The summed E-state index contributed by atoms with van der Waals surface area (Å²) in [5, 5.41) is 11.2. The highest BCUT2D eigenvalue weighted by Gasteiger charge is 2.25. The summed E-state index contributed by atoms with van der Waals surface area (Å²) in [7, 11) is 0. The molecule has 2 aromatic rings. The number of piperazine rings is 1. The second-order valence-corrected chi connectivity index (χ2v) is 6.82. The zero-order chi connectivity index (χ0) is 17.9. The van der Waals surface area contributed by atoms with Crippen LogP contribution in [0.2, 0.25) is 0 Å². The summed E-state index contributed by atoms with van der Waals surface area (Å²) in [6, 6.07) is 10.5. The molecule has 26 heavy (non-hydrogen) atoms. The zero-order valence-electron chi connectivity index (χ0n) is 14.6. The number of nitrogens with one attached hydrogen (secondary N) is 1. The van der Waals surface area contributed by atoms with Crippen LogP contribution in [0.4, 0.5) is 21.7 Å². The Morgan fingerprint density at radius 2 is 1.73 bits per heavy atom. The fourth-order valence-electron chi connectivity index (χ4n) is 3.34. The van der Waals surface area contributed by atoms with E-state index in [4.69, 9.17) is 0 Å². The third-order valence-electron chi connectivity index (χ3n) is 5.17. The van der Waals surface area contributed by atoms with Crippen molar-refractivity contribution in [1.29, 1.82) is 0 Å². The average molecular weight is 355 g/mol. The number of rotatable bonds is 4. The summed E-state index contributed by atoms with van der Waals surface area (Å²) in [5.74, 6) is 1.25. The average Bonchev–Trinajstić information content (AvgIpc) is 2.61. The molecule has 0 unspecified atom stereocenters. The summed E-state index contributed by atoms with van der Waals surface area (Å²) in [6.07, 6.45) is 3.05. The number of amides is 1. The molecule has 1 N–H and O–H groups in total. The Morgan fingerprint density at radius 1 is 1.00 bits per heavy atom. The summed E-state index contributed by atoms with van der Waals surface area (Å²) >= 11 is 0. The molecule has 0 spiro atoms. The Hall–Kier alpha value is -2.70. The third kappa shape index (κ3) is 3.47. The first-order valence-electron chi connectivity index (χ1n) is 9.10. The molecule has 0 bridgehead atoms. The number of halogens is 1. The maximum Gasteiger partial charge on any atom is 0.228 e. The highest BCUT2D eigenvalue weighted by Crippen LogP contribution is 2.27. The Labute approximate surface area is 152 Å². The summed E-state index contributed by atoms with van der Waals surface area (Å²) < 4.78 is 13.9. The van der Waals surface area contributed by atoms with E-state index >= 15 is 0 Å². The van der Waals surface area contributed by atoms with Crippen LogP contribution < -0.4 is 15.1 Å². The fraction of sp³-hybridized carbons (Fsp3) is 0.421. The highest BCUT2D eigenvalue weighted by atomic mass is 19.1. The van der Waals surface area contributed by atoms with Gasteiger partial charge in [0.1, 0.15) is 5.82 Å². The molecule has 0 radical (unpaired) electrons. The van der Waals surface area contributed by atoms with Crippen LogP contribution in [0.15, 0.2) is 36.4 Å². The standard InChI is InChI=1S/C19H22FN5O/c20-15-6-1-2-7-16(15)24-10-12-25(13-11-24)18-9-8-17(22-23-18)21-19(26)14-4-3-5-14/h1-2,6-9,14H,3-5,10-13H2,(H,21,22,26). The molecule has 1 saturated heterocycles. The smallest absolute Gasteiger partial charge is 0.228 e. The third-order valence-corrected chi connectivity index (χ3v) is 5.17. The molecule has 2 aliphatic rings. The van der Waals surface area contributed by atoms with E-state index in [1.807, 2.05) is 23.1 Å². The molecule has 0 atom stereocenters. The van der Waals surface area contributed by atoms with Crippen LogP contribution in [0.5, 0.6) is 0 Å². The minimum Gasteiger partial charge on any atom is -0.366 e. The monoisotopic (exact) mass is 355 g/mol. The van der Waals surface area contributed by atoms with Gasteiger partial charge in [0.15, 0.2) is 11.6 Å². The molecule has 1 aromatic heterocycles. The quantitative estimate of drug-likeness (QED) is 0.914. The van der Waals surface area contributed by atoms with Crippen LogP contribution >= 0.6 is 0 Å². The molecule has 136 valence electrons. The Bertz CT molecular complexity index is 770. The maximum atomic E-state index is 13.9. The van der Waals surface area contributed by atoms with Gasteiger partial charge >= 0.3 is 0 Å². The van der Waals surface area contributed by atoms with E-state index < -0.39 is 0 Å². The largest absolute Gasteiger partial charge is 0.366 e. The highest BCUT2D eigenvalue weighted by molar-refractivity contribution is 5.92. The number of aromatic nitrogens is 2. The first-order chi connectivity index (χ1) is 12.7. The van der Waals surface area contributed by atoms with Crippen LogP contribution in [0.1, 0.15) is 19.3 Å². The van der Waals surface area contributed by atoms with Crippen LogP contribution in [-0.2, 0) is 4.79 Å². The zero-order valence-corrected chi connectivity index (χ0v) is 14.6. The SMILES string of the molecule is O=C(Nc1ccc(N2CCN(c3ccccc3F)CC2)nn1)C1CCC1. The molecule has 1 aromatic carbocycles. The Kier molecular flexibility index (Phi) is 4.69. The van der Waals surface area contributed by atoms with E-state index in [9.17, 15) is 9.18 Å². The molecule has 1 aliphatic heterocycles. The van der Waals surface area contributed by atoms with Gasteiger partial charge in [0.2, 0.25) is 5.91 Å². The van der Waals surface area contributed by atoms with Crippen molar-refractivity contribution >= 4 is 23.2 Å². The van der Waals surface area contributed by atoms with Crippen molar-refractivity contribution in [3.63, 3.8) is 0 Å². The van der Waals surface area contributed by atoms with Gasteiger partial charge in [-0.25, -0.2) is 4.39 Å². The topological polar surface area (TPSA) is 61.4 Å². The Morgan fingerprint density at radius 3 is 2.35 bits per heavy atom. The molecular formula is C19H22FN5O. The molecule has 2 fully saturated rings. The van der Waals surface area contributed by atoms with E-state index in [0.29, 0.717) is 11.5 Å². The van der Waals surface area contributed by atoms with Gasteiger partial charge in [0.05, 0.1) is 5.69 Å². The second-order valence-electron chi connectivity index (χ2n) is 6.82. The van der Waals surface area contributed by atoms with Gasteiger partial charge in [-0.2, -0.15) is 0 Å². The molecule has 4 rings (SSSR count). The van der Waals surface area contributed by atoms with Gasteiger partial charge in [0, 0.05) is 32.1 Å². The van der Waals surface area contributed by atoms with Gasteiger partial charge in [-0.15, -0.1) is 10.2 Å². The molecular weight excluding hydrogens is 333 g/mol. The van der Waals surface area contributed by atoms with E-state index in [2.05, 4.69) is 20.4 Å². The number of carbonyl (C=O) groups excluding carboxylic acids is 1. The van der Waals surface area contributed by atoms with Crippen LogP contribution in [-0.4, -0.2) is 42.3 Å². The maximum absolute atomic E-state index is 13.9.